The van der Waals surface area contributed by atoms with Crippen LogP contribution in [0.2, 0.25) is 10.0 Å². The SMILES string of the molecule is FC(F)(F)c1cccc(CNCCN2CCC(Oc3ccc(Cl)c(Cl)c3)CC2)c1. The Morgan fingerprint density at radius 3 is 2.48 bits per heavy atom. The van der Waals surface area contributed by atoms with Gasteiger partial charge in [-0.3, -0.25) is 0 Å². The fourth-order valence-corrected chi connectivity index (χ4v) is 3.61. The summed E-state index contributed by atoms with van der Waals surface area (Å²) < 4.78 is 44.3. The Kier molecular flexibility index (Phi) is 7.68. The summed E-state index contributed by atoms with van der Waals surface area (Å²) in [6.07, 6.45) is -2.34. The highest BCUT2D eigenvalue weighted by atomic mass is 35.5. The second kappa shape index (κ2) is 10.0. The van der Waals surface area contributed by atoms with Crippen LogP contribution in [-0.4, -0.2) is 37.2 Å². The lowest BCUT2D eigenvalue weighted by Gasteiger charge is -2.32. The lowest BCUT2D eigenvalue weighted by molar-refractivity contribution is -0.137. The molecule has 0 amide bonds. The van der Waals surface area contributed by atoms with E-state index in [4.69, 9.17) is 27.9 Å². The van der Waals surface area contributed by atoms with Crippen LogP contribution < -0.4 is 10.1 Å². The van der Waals surface area contributed by atoms with Crippen molar-refractivity contribution in [1.82, 2.24) is 10.2 Å². The van der Waals surface area contributed by atoms with Gasteiger partial charge in [-0.05, 0) is 36.6 Å². The number of alkyl halides is 3. The standard InChI is InChI=1S/C21H23Cl2F3N2O/c22-19-5-4-18(13-20(19)23)29-17-6-9-28(10-7-17)11-8-27-14-15-2-1-3-16(12-15)21(24,25)26/h1-5,12-13,17,27H,6-11,14H2. The Morgan fingerprint density at radius 2 is 1.79 bits per heavy atom. The molecule has 0 aliphatic carbocycles. The van der Waals surface area contributed by atoms with Crippen molar-refractivity contribution in [3.8, 4) is 5.75 Å². The number of hydrogen-bond donors (Lipinski definition) is 1. The minimum Gasteiger partial charge on any atom is -0.490 e. The molecule has 1 heterocycles. The van der Waals surface area contributed by atoms with Crippen LogP contribution in [0.5, 0.6) is 5.75 Å². The largest absolute Gasteiger partial charge is 0.490 e. The Hall–Kier alpha value is -1.47. The number of piperidine rings is 1. The maximum Gasteiger partial charge on any atom is 0.416 e. The number of nitrogens with one attached hydrogen (secondary N) is 1. The van der Waals surface area contributed by atoms with E-state index in [2.05, 4.69) is 10.2 Å². The highest BCUT2D eigenvalue weighted by Crippen LogP contribution is 2.30. The number of rotatable bonds is 7. The van der Waals surface area contributed by atoms with Crippen molar-refractivity contribution in [3.05, 3.63) is 63.6 Å². The molecule has 1 aliphatic heterocycles. The molecule has 0 bridgehead atoms. The molecule has 0 radical (unpaired) electrons. The van der Waals surface area contributed by atoms with Gasteiger partial charge < -0.3 is 15.0 Å². The lowest BCUT2D eigenvalue weighted by Crippen LogP contribution is -2.41. The van der Waals surface area contributed by atoms with E-state index in [-0.39, 0.29) is 6.10 Å². The van der Waals surface area contributed by atoms with Gasteiger partial charge in [-0.1, -0.05) is 41.4 Å². The zero-order valence-electron chi connectivity index (χ0n) is 15.8. The van der Waals surface area contributed by atoms with E-state index in [9.17, 15) is 13.2 Å². The first-order valence-corrected chi connectivity index (χ1v) is 10.3. The van der Waals surface area contributed by atoms with Gasteiger partial charge in [-0.25, -0.2) is 0 Å². The van der Waals surface area contributed by atoms with Gasteiger partial charge >= 0.3 is 6.18 Å². The Bertz CT molecular complexity index is 809. The number of nitrogens with zero attached hydrogens (tertiary/aromatic N) is 1. The highest BCUT2D eigenvalue weighted by Gasteiger charge is 2.30. The maximum atomic E-state index is 12.8. The van der Waals surface area contributed by atoms with Crippen molar-refractivity contribution < 1.29 is 17.9 Å². The second-order valence-electron chi connectivity index (χ2n) is 7.11. The van der Waals surface area contributed by atoms with E-state index in [1.165, 1.54) is 12.1 Å². The molecule has 2 aromatic rings. The van der Waals surface area contributed by atoms with Crippen molar-refractivity contribution in [1.29, 1.82) is 0 Å². The van der Waals surface area contributed by atoms with E-state index >= 15 is 0 Å². The average molecular weight is 447 g/mol. The van der Waals surface area contributed by atoms with Gasteiger partial charge in [0.25, 0.3) is 0 Å². The summed E-state index contributed by atoms with van der Waals surface area (Å²) in [6.45, 7) is 3.81. The number of hydrogen-bond acceptors (Lipinski definition) is 3. The zero-order valence-corrected chi connectivity index (χ0v) is 17.3. The predicted molar refractivity (Wildman–Crippen MR) is 110 cm³/mol. The fourth-order valence-electron chi connectivity index (χ4n) is 3.32. The Morgan fingerprint density at radius 1 is 1.03 bits per heavy atom. The molecule has 158 valence electrons. The van der Waals surface area contributed by atoms with Gasteiger partial charge in [-0.2, -0.15) is 13.2 Å². The van der Waals surface area contributed by atoms with Gasteiger partial charge in [0.2, 0.25) is 0 Å². The topological polar surface area (TPSA) is 24.5 Å². The minimum absolute atomic E-state index is 0.140. The summed E-state index contributed by atoms with van der Waals surface area (Å²) in [5.41, 5.74) is 0.0226. The van der Waals surface area contributed by atoms with Crippen molar-refractivity contribution >= 4 is 23.2 Å². The van der Waals surface area contributed by atoms with Crippen molar-refractivity contribution in [2.24, 2.45) is 0 Å². The number of likely N-dealkylation sites (tertiary alicyclic amines) is 1. The molecule has 3 rings (SSSR count). The lowest BCUT2D eigenvalue weighted by atomic mass is 10.1. The van der Waals surface area contributed by atoms with Crippen molar-refractivity contribution in [2.75, 3.05) is 26.2 Å². The van der Waals surface area contributed by atoms with Crippen LogP contribution in [0.25, 0.3) is 0 Å². The number of ether oxygens (including phenoxy) is 1. The van der Waals surface area contributed by atoms with Gasteiger partial charge in [0.15, 0.2) is 0 Å². The highest BCUT2D eigenvalue weighted by molar-refractivity contribution is 6.42. The van der Waals surface area contributed by atoms with Crippen LogP contribution in [0, 0.1) is 0 Å². The van der Waals surface area contributed by atoms with E-state index in [1.807, 2.05) is 6.07 Å². The van der Waals surface area contributed by atoms with Gasteiger partial charge in [-0.15, -0.1) is 0 Å². The van der Waals surface area contributed by atoms with Crippen LogP contribution in [-0.2, 0) is 12.7 Å². The maximum absolute atomic E-state index is 12.8. The number of halogens is 5. The average Bonchev–Trinajstić information content (AvgIpc) is 2.69. The molecule has 1 aliphatic rings. The normalized spacial score (nSPS) is 16.2. The summed E-state index contributed by atoms with van der Waals surface area (Å²) in [6, 6.07) is 10.7. The first-order chi connectivity index (χ1) is 13.8. The van der Waals surface area contributed by atoms with Crippen molar-refractivity contribution in [3.63, 3.8) is 0 Å². The zero-order chi connectivity index (χ0) is 20.9. The molecule has 8 heteroatoms. The van der Waals surface area contributed by atoms with Crippen molar-refractivity contribution in [2.45, 2.75) is 31.7 Å². The number of benzene rings is 2. The van der Waals surface area contributed by atoms with Crippen LogP contribution in [0.1, 0.15) is 24.0 Å². The molecule has 0 aromatic heterocycles. The van der Waals surface area contributed by atoms with Gasteiger partial charge in [0, 0.05) is 38.8 Å². The molecule has 1 saturated heterocycles. The second-order valence-corrected chi connectivity index (χ2v) is 7.92. The van der Waals surface area contributed by atoms with Gasteiger partial charge in [0.1, 0.15) is 11.9 Å². The van der Waals surface area contributed by atoms with Crippen LogP contribution in [0.15, 0.2) is 42.5 Å². The molecule has 29 heavy (non-hydrogen) atoms. The molecule has 0 spiro atoms. The minimum atomic E-state index is -4.31. The van der Waals surface area contributed by atoms with E-state index in [0.29, 0.717) is 28.7 Å². The van der Waals surface area contributed by atoms with Crippen LogP contribution >= 0.6 is 23.2 Å². The third-order valence-electron chi connectivity index (χ3n) is 4.92. The van der Waals surface area contributed by atoms with Crippen LogP contribution in [0.4, 0.5) is 13.2 Å². The Labute approximate surface area is 178 Å². The third-order valence-corrected chi connectivity index (χ3v) is 5.66. The molecule has 1 fully saturated rings. The molecular weight excluding hydrogens is 424 g/mol. The van der Waals surface area contributed by atoms with Gasteiger partial charge in [0.05, 0.1) is 15.6 Å². The molecule has 1 N–H and O–H groups in total. The summed E-state index contributed by atoms with van der Waals surface area (Å²) in [5.74, 6) is 0.723. The first kappa shape index (κ1) is 22.2. The third kappa shape index (κ3) is 6.78. The molecule has 0 saturated carbocycles. The van der Waals surface area contributed by atoms with E-state index in [0.717, 1.165) is 44.3 Å². The smallest absolute Gasteiger partial charge is 0.416 e. The summed E-state index contributed by atoms with van der Waals surface area (Å²) in [4.78, 5) is 2.33. The molecule has 2 aromatic carbocycles. The van der Waals surface area contributed by atoms with Crippen LogP contribution in [0.3, 0.4) is 0 Å². The Balaban J connectivity index is 1.35. The van der Waals surface area contributed by atoms with E-state index in [1.54, 1.807) is 18.2 Å². The molecular formula is C21H23Cl2F3N2O. The molecule has 0 atom stereocenters. The van der Waals surface area contributed by atoms with E-state index < -0.39 is 11.7 Å². The summed E-state index contributed by atoms with van der Waals surface area (Å²) in [7, 11) is 0. The fraction of sp³-hybridized carbons (Fsp3) is 0.429. The molecule has 0 unspecified atom stereocenters. The quantitative estimate of drug-likeness (QED) is 0.556. The monoisotopic (exact) mass is 446 g/mol. The predicted octanol–water partition coefficient (Wildman–Crippen LogP) is 5.65. The first-order valence-electron chi connectivity index (χ1n) is 9.52. The molecule has 3 nitrogen and oxygen atoms in total. The summed E-state index contributed by atoms with van der Waals surface area (Å²) in [5, 5.41) is 4.21. The summed E-state index contributed by atoms with van der Waals surface area (Å²) >= 11 is 11.9.